The molecule has 7 N–H and O–H groups in total. The number of nitrogens with two attached hydrogens (primary N) is 2. The molecule has 0 bridgehead atoms. The summed E-state index contributed by atoms with van der Waals surface area (Å²) in [5.41, 5.74) is 11.2. The second-order valence-corrected chi connectivity index (χ2v) is 5.50. The number of hydrogen-bond acceptors (Lipinski definition) is 6. The first-order chi connectivity index (χ1) is 11.8. The molecule has 0 fully saturated rings. The number of hydrogen-bond donors (Lipinski definition) is 5. The highest BCUT2D eigenvalue weighted by molar-refractivity contribution is 5.98. The molecule has 9 nitrogen and oxygen atoms in total. The van der Waals surface area contributed by atoms with Crippen LogP contribution >= 0.6 is 0 Å². The fourth-order valence-corrected chi connectivity index (χ4v) is 2.26. The van der Waals surface area contributed by atoms with Crippen LogP contribution in [0.15, 0.2) is 29.1 Å². The third-order valence-corrected chi connectivity index (χ3v) is 3.51. The van der Waals surface area contributed by atoms with Crippen molar-refractivity contribution in [3.8, 4) is 0 Å². The first-order valence-electron chi connectivity index (χ1n) is 7.65. The lowest BCUT2D eigenvalue weighted by Crippen LogP contribution is -2.36. The minimum atomic E-state index is -0.919. The number of rotatable bonds is 7. The number of carbonyl (C=O) groups excluding carboxylic acids is 2. The Morgan fingerprint density at radius 2 is 2.04 bits per heavy atom. The quantitative estimate of drug-likeness (QED) is 0.495. The van der Waals surface area contributed by atoms with Gasteiger partial charge in [-0.1, -0.05) is 19.1 Å². The van der Waals surface area contributed by atoms with Crippen LogP contribution in [0.5, 0.6) is 0 Å². The molecule has 0 unspecified atom stereocenters. The zero-order valence-corrected chi connectivity index (χ0v) is 13.9. The summed E-state index contributed by atoms with van der Waals surface area (Å²) in [4.78, 5) is 41.7. The monoisotopic (exact) mass is 344 g/mol. The molecular weight excluding hydrogens is 324 g/mol. The van der Waals surface area contributed by atoms with E-state index in [1.807, 2.05) is 25.1 Å². The Balaban J connectivity index is 2.46. The number of aromatic amines is 1. The molecule has 1 atom stereocenters. The lowest BCUT2D eigenvalue weighted by Gasteiger charge is -2.15. The summed E-state index contributed by atoms with van der Waals surface area (Å²) in [6.45, 7) is 3.65. The van der Waals surface area contributed by atoms with Crippen LogP contribution in [0.3, 0.4) is 0 Å². The normalized spacial score (nSPS) is 11.6. The van der Waals surface area contributed by atoms with Gasteiger partial charge in [-0.05, 0) is 31.0 Å². The molecular formula is C16H20N6O3. The minimum Gasteiger partial charge on any atom is -0.368 e. The van der Waals surface area contributed by atoms with E-state index in [2.05, 4.69) is 20.6 Å². The Labute approximate surface area is 143 Å². The molecule has 132 valence electrons. The number of nitrogens with zero attached hydrogens (tertiary/aromatic N) is 1. The van der Waals surface area contributed by atoms with Crippen LogP contribution in [-0.2, 0) is 4.79 Å². The van der Waals surface area contributed by atoms with Crippen LogP contribution < -0.4 is 27.7 Å². The van der Waals surface area contributed by atoms with Gasteiger partial charge in [-0.15, -0.1) is 0 Å². The maximum Gasteiger partial charge on any atom is 0.267 e. The van der Waals surface area contributed by atoms with Gasteiger partial charge < -0.3 is 22.1 Å². The van der Waals surface area contributed by atoms with E-state index in [-0.39, 0.29) is 17.3 Å². The van der Waals surface area contributed by atoms with Crippen molar-refractivity contribution in [2.45, 2.75) is 26.3 Å². The first kappa shape index (κ1) is 18.0. The van der Waals surface area contributed by atoms with Crippen molar-refractivity contribution >= 4 is 29.3 Å². The molecule has 1 heterocycles. The van der Waals surface area contributed by atoms with Crippen molar-refractivity contribution in [3.63, 3.8) is 0 Å². The SMILES string of the molecule is CC[C@@H](Nc1nc(Nc2cccc(C)c2)c(C(N)=O)c(=O)[nH]1)C(N)=O. The molecule has 0 radical (unpaired) electrons. The second kappa shape index (κ2) is 7.47. The fourth-order valence-electron chi connectivity index (χ4n) is 2.26. The van der Waals surface area contributed by atoms with Gasteiger partial charge in [0.05, 0.1) is 0 Å². The highest BCUT2D eigenvalue weighted by Gasteiger charge is 2.19. The molecule has 0 saturated carbocycles. The number of nitrogens with one attached hydrogen (secondary N) is 3. The van der Waals surface area contributed by atoms with Gasteiger partial charge in [0, 0.05) is 5.69 Å². The molecule has 0 spiro atoms. The van der Waals surface area contributed by atoms with E-state index >= 15 is 0 Å². The van der Waals surface area contributed by atoms with Crippen molar-refractivity contribution in [1.29, 1.82) is 0 Å². The van der Waals surface area contributed by atoms with E-state index in [0.29, 0.717) is 12.1 Å². The molecule has 0 aliphatic carbocycles. The predicted octanol–water partition coefficient (Wildman–Crippen LogP) is 0.597. The third-order valence-electron chi connectivity index (χ3n) is 3.51. The Kier molecular flexibility index (Phi) is 5.38. The number of H-pyrrole nitrogens is 1. The Morgan fingerprint density at radius 3 is 2.60 bits per heavy atom. The van der Waals surface area contributed by atoms with Gasteiger partial charge in [-0.2, -0.15) is 4.98 Å². The maximum absolute atomic E-state index is 12.2. The van der Waals surface area contributed by atoms with Crippen LogP contribution in [0.25, 0.3) is 0 Å². The Bertz CT molecular complexity index is 861. The number of aryl methyl sites for hydroxylation is 1. The highest BCUT2D eigenvalue weighted by Crippen LogP contribution is 2.19. The topological polar surface area (TPSA) is 156 Å². The number of benzene rings is 1. The van der Waals surface area contributed by atoms with Gasteiger partial charge >= 0.3 is 0 Å². The summed E-state index contributed by atoms with van der Waals surface area (Å²) in [6, 6.07) is 6.57. The average molecular weight is 344 g/mol. The number of amides is 2. The molecule has 2 aromatic rings. The molecule has 2 amide bonds. The lowest BCUT2D eigenvalue weighted by molar-refractivity contribution is -0.118. The molecule has 1 aromatic carbocycles. The van der Waals surface area contributed by atoms with Crippen molar-refractivity contribution in [1.82, 2.24) is 9.97 Å². The van der Waals surface area contributed by atoms with E-state index in [1.165, 1.54) is 0 Å². The molecule has 0 saturated heterocycles. The summed E-state index contributed by atoms with van der Waals surface area (Å²) in [7, 11) is 0. The predicted molar refractivity (Wildman–Crippen MR) is 94.7 cm³/mol. The standard InChI is InChI=1S/C16H20N6O3/c1-3-10(12(17)23)20-16-21-14(11(13(18)24)15(25)22-16)19-9-6-4-5-8(2)7-9/h4-7,10H,3H2,1-2H3,(H2,17,23)(H2,18,24)(H3,19,20,21,22,25)/t10-/m1/s1. The van der Waals surface area contributed by atoms with Gasteiger partial charge in [-0.3, -0.25) is 19.4 Å². The van der Waals surface area contributed by atoms with Gasteiger partial charge in [0.25, 0.3) is 11.5 Å². The van der Waals surface area contributed by atoms with Crippen LogP contribution in [0.2, 0.25) is 0 Å². The molecule has 25 heavy (non-hydrogen) atoms. The van der Waals surface area contributed by atoms with Crippen LogP contribution in [0, 0.1) is 6.92 Å². The summed E-state index contributed by atoms with van der Waals surface area (Å²) < 4.78 is 0. The average Bonchev–Trinajstić information content (AvgIpc) is 2.51. The molecule has 1 aromatic heterocycles. The first-order valence-corrected chi connectivity index (χ1v) is 7.65. The second-order valence-electron chi connectivity index (χ2n) is 5.50. The summed E-state index contributed by atoms with van der Waals surface area (Å²) in [5.74, 6) is -1.51. The number of carbonyl (C=O) groups is 2. The van der Waals surface area contributed by atoms with Crippen LogP contribution in [0.4, 0.5) is 17.5 Å². The lowest BCUT2D eigenvalue weighted by atomic mass is 10.2. The molecule has 0 aliphatic rings. The summed E-state index contributed by atoms with van der Waals surface area (Å²) in [5, 5.41) is 5.65. The summed E-state index contributed by atoms with van der Waals surface area (Å²) in [6.07, 6.45) is 0.400. The van der Waals surface area contributed by atoms with E-state index in [1.54, 1.807) is 13.0 Å². The van der Waals surface area contributed by atoms with Gasteiger partial charge in [0.1, 0.15) is 11.6 Å². The van der Waals surface area contributed by atoms with Crippen LogP contribution in [-0.4, -0.2) is 27.8 Å². The van der Waals surface area contributed by atoms with E-state index in [0.717, 1.165) is 5.56 Å². The maximum atomic E-state index is 12.2. The minimum absolute atomic E-state index is 0.0100. The van der Waals surface area contributed by atoms with Crippen molar-refractivity contribution in [2.24, 2.45) is 11.5 Å². The Hall–Kier alpha value is -3.36. The number of aromatic nitrogens is 2. The fraction of sp³-hybridized carbons (Fsp3) is 0.250. The van der Waals surface area contributed by atoms with E-state index < -0.39 is 23.4 Å². The van der Waals surface area contributed by atoms with Crippen molar-refractivity contribution < 1.29 is 9.59 Å². The van der Waals surface area contributed by atoms with Gasteiger partial charge in [-0.25, -0.2) is 0 Å². The Morgan fingerprint density at radius 1 is 1.32 bits per heavy atom. The van der Waals surface area contributed by atoms with Crippen LogP contribution in [0.1, 0.15) is 29.3 Å². The van der Waals surface area contributed by atoms with E-state index in [4.69, 9.17) is 11.5 Å². The van der Waals surface area contributed by atoms with Gasteiger partial charge in [0.2, 0.25) is 11.9 Å². The number of primary amides is 2. The van der Waals surface area contributed by atoms with Crippen molar-refractivity contribution in [2.75, 3.05) is 10.6 Å². The molecule has 0 aliphatic heterocycles. The van der Waals surface area contributed by atoms with E-state index in [9.17, 15) is 14.4 Å². The highest BCUT2D eigenvalue weighted by atomic mass is 16.2. The molecule has 9 heteroatoms. The third kappa shape index (κ3) is 4.34. The molecule has 2 rings (SSSR count). The largest absolute Gasteiger partial charge is 0.368 e. The number of anilines is 3. The van der Waals surface area contributed by atoms with Gasteiger partial charge in [0.15, 0.2) is 5.82 Å². The zero-order valence-electron chi connectivity index (χ0n) is 13.9. The summed E-state index contributed by atoms with van der Waals surface area (Å²) >= 11 is 0. The smallest absolute Gasteiger partial charge is 0.267 e. The zero-order chi connectivity index (χ0) is 18.6. The van der Waals surface area contributed by atoms with Crippen molar-refractivity contribution in [3.05, 3.63) is 45.7 Å².